The van der Waals surface area contributed by atoms with Crippen LogP contribution in [-0.4, -0.2) is 41.0 Å². The van der Waals surface area contributed by atoms with Crippen molar-refractivity contribution in [1.82, 2.24) is 14.9 Å². The van der Waals surface area contributed by atoms with Gasteiger partial charge in [0.15, 0.2) is 6.61 Å². The smallest absolute Gasteiger partial charge is 0.260 e. The summed E-state index contributed by atoms with van der Waals surface area (Å²) in [6, 6.07) is 14.1. The molecule has 140 valence electrons. The molecule has 0 fully saturated rings. The number of nitrogens with zero attached hydrogens (tertiary/aromatic N) is 2. The first-order valence-corrected chi connectivity index (χ1v) is 8.63. The quantitative estimate of drug-likeness (QED) is 0.693. The second kappa shape index (κ2) is 8.35. The SMILES string of the molecule is CCN(Cc1nc2ccccc2c(=O)[nH]1)C(=O)COc1ccc(OC)cc1. The molecule has 0 spiro atoms. The second-order valence-corrected chi connectivity index (χ2v) is 5.90. The number of hydrogen-bond acceptors (Lipinski definition) is 5. The van der Waals surface area contributed by atoms with E-state index in [1.54, 1.807) is 54.5 Å². The van der Waals surface area contributed by atoms with Crippen molar-refractivity contribution in [3.05, 3.63) is 64.7 Å². The first-order valence-electron chi connectivity index (χ1n) is 8.63. The lowest BCUT2D eigenvalue weighted by Crippen LogP contribution is -2.35. The van der Waals surface area contributed by atoms with E-state index in [1.165, 1.54) is 0 Å². The fraction of sp³-hybridized carbons (Fsp3) is 0.250. The van der Waals surface area contributed by atoms with Crippen LogP contribution in [0.3, 0.4) is 0 Å². The molecule has 0 saturated carbocycles. The van der Waals surface area contributed by atoms with Crippen LogP contribution in [0.15, 0.2) is 53.3 Å². The van der Waals surface area contributed by atoms with Crippen molar-refractivity contribution in [2.75, 3.05) is 20.3 Å². The minimum absolute atomic E-state index is 0.0992. The van der Waals surface area contributed by atoms with Crippen LogP contribution in [0.2, 0.25) is 0 Å². The minimum Gasteiger partial charge on any atom is -0.497 e. The molecule has 7 nitrogen and oxygen atoms in total. The van der Waals surface area contributed by atoms with Crippen molar-refractivity contribution in [3.63, 3.8) is 0 Å². The maximum Gasteiger partial charge on any atom is 0.260 e. The van der Waals surface area contributed by atoms with E-state index in [1.807, 2.05) is 13.0 Å². The predicted molar refractivity (Wildman–Crippen MR) is 102 cm³/mol. The lowest BCUT2D eigenvalue weighted by atomic mass is 10.2. The molecule has 3 rings (SSSR count). The predicted octanol–water partition coefficient (Wildman–Crippen LogP) is 2.36. The van der Waals surface area contributed by atoms with Gasteiger partial charge in [-0.05, 0) is 43.3 Å². The highest BCUT2D eigenvalue weighted by atomic mass is 16.5. The van der Waals surface area contributed by atoms with E-state index < -0.39 is 0 Å². The van der Waals surface area contributed by atoms with Gasteiger partial charge in [-0.1, -0.05) is 12.1 Å². The Morgan fingerprint density at radius 2 is 1.81 bits per heavy atom. The molecule has 0 unspecified atom stereocenters. The minimum atomic E-state index is -0.214. The maximum absolute atomic E-state index is 12.5. The molecule has 1 N–H and O–H groups in total. The first kappa shape index (κ1) is 18.4. The van der Waals surface area contributed by atoms with Gasteiger partial charge in [-0.2, -0.15) is 0 Å². The number of hydrogen-bond donors (Lipinski definition) is 1. The van der Waals surface area contributed by atoms with Crippen molar-refractivity contribution >= 4 is 16.8 Å². The standard InChI is InChI=1S/C20H21N3O4/c1-3-23(19(24)13-27-15-10-8-14(26-2)9-11-15)12-18-21-17-7-5-4-6-16(17)20(25)22-18/h4-11H,3,12-13H2,1-2H3,(H,21,22,25). The third-order valence-electron chi connectivity index (χ3n) is 4.16. The van der Waals surface area contributed by atoms with Crippen LogP contribution >= 0.6 is 0 Å². The second-order valence-electron chi connectivity index (χ2n) is 5.90. The van der Waals surface area contributed by atoms with E-state index in [-0.39, 0.29) is 24.6 Å². The summed E-state index contributed by atoms with van der Waals surface area (Å²) in [5.74, 6) is 1.55. The number of fused-ring (bicyclic) bond motifs is 1. The third-order valence-corrected chi connectivity index (χ3v) is 4.16. The van der Waals surface area contributed by atoms with Crippen molar-refractivity contribution in [2.45, 2.75) is 13.5 Å². The molecule has 3 aromatic rings. The number of nitrogens with one attached hydrogen (secondary N) is 1. The van der Waals surface area contributed by atoms with Gasteiger partial charge in [0.1, 0.15) is 17.3 Å². The van der Waals surface area contributed by atoms with Crippen LogP contribution in [0.25, 0.3) is 10.9 Å². The van der Waals surface area contributed by atoms with Gasteiger partial charge in [-0.15, -0.1) is 0 Å². The molecule has 2 aromatic carbocycles. The maximum atomic E-state index is 12.5. The molecule has 1 heterocycles. The van der Waals surface area contributed by atoms with Crippen molar-refractivity contribution in [1.29, 1.82) is 0 Å². The number of likely N-dealkylation sites (N-methyl/N-ethyl adjacent to an activating group) is 1. The molecule has 27 heavy (non-hydrogen) atoms. The number of H-pyrrole nitrogens is 1. The Morgan fingerprint density at radius 3 is 2.52 bits per heavy atom. The van der Waals surface area contributed by atoms with E-state index in [9.17, 15) is 9.59 Å². The summed E-state index contributed by atoms with van der Waals surface area (Å²) in [4.78, 5) is 33.4. The van der Waals surface area contributed by atoms with Crippen LogP contribution in [0.5, 0.6) is 11.5 Å². The number of aromatic amines is 1. The Kier molecular flexibility index (Phi) is 5.71. The van der Waals surface area contributed by atoms with E-state index in [4.69, 9.17) is 9.47 Å². The number of ether oxygens (including phenoxy) is 2. The zero-order valence-corrected chi connectivity index (χ0v) is 15.3. The van der Waals surface area contributed by atoms with E-state index in [0.29, 0.717) is 29.0 Å². The lowest BCUT2D eigenvalue weighted by Gasteiger charge is -2.20. The molecule has 0 aliphatic rings. The molecular formula is C20H21N3O4. The van der Waals surface area contributed by atoms with Gasteiger partial charge in [0, 0.05) is 6.54 Å². The van der Waals surface area contributed by atoms with Gasteiger partial charge < -0.3 is 19.4 Å². The number of amides is 1. The largest absolute Gasteiger partial charge is 0.497 e. The molecule has 0 saturated heterocycles. The topological polar surface area (TPSA) is 84.5 Å². The number of para-hydroxylation sites is 1. The third kappa shape index (κ3) is 4.44. The zero-order valence-electron chi connectivity index (χ0n) is 15.3. The monoisotopic (exact) mass is 367 g/mol. The summed E-state index contributed by atoms with van der Waals surface area (Å²) in [6.07, 6.45) is 0. The van der Waals surface area contributed by atoms with E-state index >= 15 is 0 Å². The Balaban J connectivity index is 1.67. The zero-order chi connectivity index (χ0) is 19.2. The molecule has 1 aromatic heterocycles. The summed E-state index contributed by atoms with van der Waals surface area (Å²) < 4.78 is 10.6. The molecular weight excluding hydrogens is 346 g/mol. The number of rotatable bonds is 7. The Morgan fingerprint density at radius 1 is 1.11 bits per heavy atom. The number of benzene rings is 2. The van der Waals surface area contributed by atoms with Gasteiger partial charge >= 0.3 is 0 Å². The molecule has 0 atom stereocenters. The van der Waals surface area contributed by atoms with Crippen LogP contribution in [0.1, 0.15) is 12.7 Å². The Bertz CT molecular complexity index is 982. The van der Waals surface area contributed by atoms with Crippen molar-refractivity contribution in [2.24, 2.45) is 0 Å². The van der Waals surface area contributed by atoms with Gasteiger partial charge in [-0.25, -0.2) is 4.98 Å². The van der Waals surface area contributed by atoms with Crippen LogP contribution in [-0.2, 0) is 11.3 Å². The number of carbonyl (C=O) groups is 1. The normalized spacial score (nSPS) is 10.6. The van der Waals surface area contributed by atoms with Crippen LogP contribution in [0.4, 0.5) is 0 Å². The van der Waals surface area contributed by atoms with E-state index in [2.05, 4.69) is 9.97 Å². The van der Waals surface area contributed by atoms with E-state index in [0.717, 1.165) is 5.75 Å². The van der Waals surface area contributed by atoms with Gasteiger partial charge in [0.25, 0.3) is 11.5 Å². The summed E-state index contributed by atoms with van der Waals surface area (Å²) in [5, 5.41) is 0.526. The average Bonchev–Trinajstić information content (AvgIpc) is 2.70. The molecule has 0 aliphatic heterocycles. The molecule has 0 bridgehead atoms. The summed E-state index contributed by atoms with van der Waals surface area (Å²) in [6.45, 7) is 2.45. The first-order chi connectivity index (χ1) is 13.1. The van der Waals surface area contributed by atoms with Crippen LogP contribution < -0.4 is 15.0 Å². The number of aromatic nitrogens is 2. The number of methoxy groups -OCH3 is 1. The lowest BCUT2D eigenvalue weighted by molar-refractivity contribution is -0.133. The highest BCUT2D eigenvalue weighted by molar-refractivity contribution is 5.78. The highest BCUT2D eigenvalue weighted by Crippen LogP contribution is 2.17. The summed E-state index contributed by atoms with van der Waals surface area (Å²) in [7, 11) is 1.59. The van der Waals surface area contributed by atoms with Crippen molar-refractivity contribution < 1.29 is 14.3 Å². The highest BCUT2D eigenvalue weighted by Gasteiger charge is 2.15. The molecule has 0 radical (unpaired) electrons. The fourth-order valence-electron chi connectivity index (χ4n) is 2.68. The Hall–Kier alpha value is -3.35. The fourth-order valence-corrected chi connectivity index (χ4v) is 2.68. The van der Waals surface area contributed by atoms with Gasteiger partial charge in [-0.3, -0.25) is 9.59 Å². The van der Waals surface area contributed by atoms with Crippen LogP contribution in [0, 0.1) is 0 Å². The summed E-state index contributed by atoms with van der Waals surface area (Å²) >= 11 is 0. The molecule has 7 heteroatoms. The average molecular weight is 367 g/mol. The van der Waals surface area contributed by atoms with Gasteiger partial charge in [0.2, 0.25) is 0 Å². The van der Waals surface area contributed by atoms with Crippen molar-refractivity contribution in [3.8, 4) is 11.5 Å². The molecule has 0 aliphatic carbocycles. The number of carbonyl (C=O) groups excluding carboxylic acids is 1. The summed E-state index contributed by atoms with van der Waals surface area (Å²) in [5.41, 5.74) is 0.391. The molecule has 1 amide bonds. The van der Waals surface area contributed by atoms with Gasteiger partial charge in [0.05, 0.1) is 24.6 Å². The Labute approximate surface area is 156 Å².